The van der Waals surface area contributed by atoms with Gasteiger partial charge in [-0.25, -0.2) is 0 Å². The molecule has 0 aromatic heterocycles. The molecule has 7 nitrogen and oxygen atoms in total. The SMILES string of the molecule is CN/C(=C(S)/C=C(/C(C)=O)C(=O)Nc1ccccc1)S(=O)(=O)O. The minimum absolute atomic E-state index is 0.275. The molecule has 0 atom stereocenters. The van der Waals surface area contributed by atoms with Gasteiger partial charge in [0.15, 0.2) is 10.8 Å². The Kier molecular flexibility index (Phi) is 6.55. The highest BCUT2D eigenvalue weighted by molar-refractivity contribution is 7.92. The van der Waals surface area contributed by atoms with E-state index in [0.717, 1.165) is 13.0 Å². The fourth-order valence-corrected chi connectivity index (χ4v) is 2.81. The van der Waals surface area contributed by atoms with E-state index < -0.39 is 26.8 Å². The Morgan fingerprint density at radius 1 is 1.22 bits per heavy atom. The molecule has 0 aliphatic heterocycles. The van der Waals surface area contributed by atoms with Gasteiger partial charge in [0.1, 0.15) is 0 Å². The molecule has 0 spiro atoms. The van der Waals surface area contributed by atoms with Crippen LogP contribution in [0, 0.1) is 0 Å². The van der Waals surface area contributed by atoms with E-state index in [1.807, 2.05) is 0 Å². The highest BCUT2D eigenvalue weighted by atomic mass is 32.2. The smallest absolute Gasteiger partial charge is 0.310 e. The van der Waals surface area contributed by atoms with Crippen LogP contribution in [0.3, 0.4) is 0 Å². The van der Waals surface area contributed by atoms with Crippen molar-refractivity contribution in [1.82, 2.24) is 5.32 Å². The third-order valence-corrected chi connectivity index (χ3v) is 4.10. The number of benzene rings is 1. The van der Waals surface area contributed by atoms with Gasteiger partial charge in [-0.1, -0.05) is 18.2 Å². The molecule has 1 amide bonds. The third-order valence-electron chi connectivity index (χ3n) is 2.65. The molecule has 0 radical (unpaired) electrons. The Balaban J connectivity index is 3.23. The lowest BCUT2D eigenvalue weighted by molar-refractivity contribution is -0.118. The zero-order chi connectivity index (χ0) is 17.6. The molecule has 0 aliphatic rings. The van der Waals surface area contributed by atoms with Crippen LogP contribution in [0.15, 0.2) is 51.9 Å². The highest BCUT2D eigenvalue weighted by Gasteiger charge is 2.19. The van der Waals surface area contributed by atoms with Gasteiger partial charge in [0.05, 0.1) is 5.57 Å². The van der Waals surface area contributed by atoms with Crippen LogP contribution < -0.4 is 10.6 Å². The van der Waals surface area contributed by atoms with Crippen LogP contribution in [0.2, 0.25) is 0 Å². The summed E-state index contributed by atoms with van der Waals surface area (Å²) >= 11 is 3.92. The number of anilines is 1. The van der Waals surface area contributed by atoms with Gasteiger partial charge in [-0.15, -0.1) is 12.6 Å². The van der Waals surface area contributed by atoms with Crippen LogP contribution in [0.1, 0.15) is 6.92 Å². The summed E-state index contributed by atoms with van der Waals surface area (Å²) in [5.41, 5.74) is 0.160. The normalized spacial score (nSPS) is 13.1. The Morgan fingerprint density at radius 3 is 2.22 bits per heavy atom. The summed E-state index contributed by atoms with van der Waals surface area (Å²) < 4.78 is 31.4. The van der Waals surface area contributed by atoms with Crippen molar-refractivity contribution in [3.05, 3.63) is 51.9 Å². The number of nitrogens with one attached hydrogen (secondary N) is 2. The van der Waals surface area contributed by atoms with Crippen molar-refractivity contribution in [3.8, 4) is 0 Å². The van der Waals surface area contributed by atoms with E-state index in [4.69, 9.17) is 4.55 Å². The molecule has 1 rings (SSSR count). The van der Waals surface area contributed by atoms with Gasteiger partial charge >= 0.3 is 10.1 Å². The second-order valence-corrected chi connectivity index (χ2v) is 6.21. The maximum absolute atomic E-state index is 12.2. The van der Waals surface area contributed by atoms with Crippen molar-refractivity contribution in [2.75, 3.05) is 12.4 Å². The summed E-state index contributed by atoms with van der Waals surface area (Å²) in [5.74, 6) is -1.31. The fraction of sp³-hybridized carbons (Fsp3) is 0.143. The van der Waals surface area contributed by atoms with E-state index in [9.17, 15) is 18.0 Å². The van der Waals surface area contributed by atoms with Gasteiger partial charge in [0.2, 0.25) is 0 Å². The third kappa shape index (κ3) is 5.55. The average molecular weight is 356 g/mol. The van der Waals surface area contributed by atoms with Crippen molar-refractivity contribution in [2.24, 2.45) is 0 Å². The monoisotopic (exact) mass is 356 g/mol. The number of Topliss-reactive ketones (excluding diaryl/α,β-unsaturated/α-hetero) is 1. The minimum Gasteiger partial charge on any atom is -0.376 e. The van der Waals surface area contributed by atoms with Gasteiger partial charge in [0, 0.05) is 17.6 Å². The van der Waals surface area contributed by atoms with E-state index in [2.05, 4.69) is 23.3 Å². The van der Waals surface area contributed by atoms with Crippen LogP contribution in [0.25, 0.3) is 0 Å². The van der Waals surface area contributed by atoms with E-state index in [1.165, 1.54) is 7.05 Å². The van der Waals surface area contributed by atoms with Gasteiger partial charge in [-0.05, 0) is 25.1 Å². The van der Waals surface area contributed by atoms with E-state index >= 15 is 0 Å². The molecule has 1 aromatic carbocycles. The zero-order valence-corrected chi connectivity index (χ0v) is 14.1. The fourth-order valence-electron chi connectivity index (χ4n) is 1.64. The standard InChI is InChI=1S/C14H16N2O5S2/c1-9(17)11(8-12(22)14(15-2)23(19,20)21)13(18)16-10-6-4-3-5-7-10/h3-8,15,22H,1-2H3,(H,16,18)(H,19,20,21)/b11-8-,14-12+. The number of ketones is 1. The first-order chi connectivity index (χ1) is 10.7. The number of rotatable bonds is 6. The lowest BCUT2D eigenvalue weighted by Gasteiger charge is -2.08. The molecule has 3 N–H and O–H groups in total. The number of amides is 1. The van der Waals surface area contributed by atoms with E-state index in [0.29, 0.717) is 5.69 Å². The van der Waals surface area contributed by atoms with E-state index in [1.54, 1.807) is 30.3 Å². The molecule has 124 valence electrons. The van der Waals surface area contributed by atoms with Crippen molar-refractivity contribution < 1.29 is 22.6 Å². The number of hydrogen-bond donors (Lipinski definition) is 4. The van der Waals surface area contributed by atoms with Gasteiger partial charge in [-0.3, -0.25) is 14.1 Å². The molecule has 23 heavy (non-hydrogen) atoms. The van der Waals surface area contributed by atoms with Crippen LogP contribution in [-0.2, 0) is 19.7 Å². The number of hydrogen-bond acceptors (Lipinski definition) is 6. The van der Waals surface area contributed by atoms with Crippen molar-refractivity contribution in [3.63, 3.8) is 0 Å². The lowest BCUT2D eigenvalue weighted by Crippen LogP contribution is -2.20. The number of thiol groups is 1. The molecule has 0 aliphatic carbocycles. The predicted molar refractivity (Wildman–Crippen MR) is 90.5 cm³/mol. The van der Waals surface area contributed by atoms with Crippen molar-refractivity contribution in [2.45, 2.75) is 6.92 Å². The topological polar surface area (TPSA) is 113 Å². The average Bonchev–Trinajstić information content (AvgIpc) is 2.44. The second-order valence-electron chi connectivity index (χ2n) is 4.37. The molecule has 0 fully saturated rings. The molecule has 1 aromatic rings. The molecule has 0 unspecified atom stereocenters. The number of allylic oxidation sites excluding steroid dienone is 1. The van der Waals surface area contributed by atoms with E-state index in [-0.39, 0.29) is 10.5 Å². The summed E-state index contributed by atoms with van der Waals surface area (Å²) in [5, 5.41) is 4.14. The maximum Gasteiger partial charge on any atom is 0.310 e. The first-order valence-electron chi connectivity index (χ1n) is 6.34. The Morgan fingerprint density at radius 2 is 1.78 bits per heavy atom. The maximum atomic E-state index is 12.2. The molecule has 0 bridgehead atoms. The molecule has 9 heteroatoms. The quantitative estimate of drug-likeness (QED) is 0.153. The molecule has 0 saturated carbocycles. The lowest BCUT2D eigenvalue weighted by atomic mass is 10.1. The van der Waals surface area contributed by atoms with Crippen molar-refractivity contribution in [1.29, 1.82) is 0 Å². The van der Waals surface area contributed by atoms with Gasteiger partial charge in [-0.2, -0.15) is 8.42 Å². The summed E-state index contributed by atoms with van der Waals surface area (Å²) in [6, 6.07) is 8.42. The van der Waals surface area contributed by atoms with Crippen LogP contribution >= 0.6 is 12.6 Å². The van der Waals surface area contributed by atoms with Crippen LogP contribution in [-0.4, -0.2) is 31.7 Å². The Bertz CT molecular complexity index is 768. The van der Waals surface area contributed by atoms with Gasteiger partial charge < -0.3 is 10.6 Å². The second kappa shape index (κ2) is 7.95. The molecular weight excluding hydrogens is 340 g/mol. The van der Waals surface area contributed by atoms with Crippen LogP contribution in [0.5, 0.6) is 0 Å². The highest BCUT2D eigenvalue weighted by Crippen LogP contribution is 2.17. The summed E-state index contributed by atoms with van der Waals surface area (Å²) in [6.07, 6.45) is 0.976. The number of para-hydroxylation sites is 1. The molecular formula is C14H16N2O5S2. The predicted octanol–water partition coefficient (Wildman–Crippen LogP) is 1.35. The Hall–Kier alpha value is -2.10. The van der Waals surface area contributed by atoms with Gasteiger partial charge in [0.25, 0.3) is 5.91 Å². The molecule has 0 saturated heterocycles. The Labute approximate surface area is 139 Å². The summed E-state index contributed by atoms with van der Waals surface area (Å²) in [4.78, 5) is 23.5. The van der Waals surface area contributed by atoms with Crippen LogP contribution in [0.4, 0.5) is 5.69 Å². The number of carbonyl (C=O) groups excluding carboxylic acids is 2. The zero-order valence-electron chi connectivity index (χ0n) is 12.4. The number of carbonyl (C=O) groups is 2. The van der Waals surface area contributed by atoms with Crippen molar-refractivity contribution >= 4 is 40.1 Å². The summed E-state index contributed by atoms with van der Waals surface area (Å²) in [7, 11) is -3.31. The largest absolute Gasteiger partial charge is 0.376 e. The first-order valence-corrected chi connectivity index (χ1v) is 8.23. The molecule has 0 heterocycles. The summed E-state index contributed by atoms with van der Waals surface area (Å²) in [6.45, 7) is 1.16. The first kappa shape index (κ1) is 18.9. The minimum atomic E-state index is -4.57.